The fraction of sp³-hybridized carbons (Fsp3) is 0.545. The number of fused-ring (bicyclic) bond motifs is 1. The van der Waals surface area contributed by atoms with Gasteiger partial charge in [-0.15, -0.1) is 0 Å². The Hall–Kier alpha value is -1.65. The lowest BCUT2D eigenvalue weighted by molar-refractivity contribution is -0.154. The van der Waals surface area contributed by atoms with Gasteiger partial charge in [-0.25, -0.2) is 4.90 Å². The molecule has 16 heavy (non-hydrogen) atoms. The van der Waals surface area contributed by atoms with Crippen LogP contribution in [-0.2, 0) is 19.1 Å². The highest BCUT2D eigenvalue weighted by Crippen LogP contribution is 2.34. The van der Waals surface area contributed by atoms with E-state index in [4.69, 9.17) is 4.74 Å². The Balaban J connectivity index is 2.08. The van der Waals surface area contributed by atoms with Gasteiger partial charge in [-0.2, -0.15) is 0 Å². The summed E-state index contributed by atoms with van der Waals surface area (Å²) in [6, 6.07) is 0. The first-order valence-electron chi connectivity index (χ1n) is 5.25. The second-order valence-electron chi connectivity index (χ2n) is 4.03. The van der Waals surface area contributed by atoms with E-state index in [2.05, 4.69) is 0 Å². The molecule has 1 saturated heterocycles. The lowest BCUT2D eigenvalue weighted by Crippen LogP contribution is -2.34. The molecule has 2 amide bonds. The van der Waals surface area contributed by atoms with Gasteiger partial charge >= 0.3 is 5.97 Å². The van der Waals surface area contributed by atoms with Crippen LogP contribution in [0.2, 0.25) is 0 Å². The van der Waals surface area contributed by atoms with Crippen molar-refractivity contribution < 1.29 is 19.1 Å². The second kappa shape index (κ2) is 4.08. The van der Waals surface area contributed by atoms with Gasteiger partial charge in [0.05, 0.1) is 11.8 Å². The molecule has 0 spiro atoms. The molecule has 5 nitrogen and oxygen atoms in total. The normalized spacial score (nSPS) is 28.2. The quantitative estimate of drug-likeness (QED) is 0.387. The maximum absolute atomic E-state index is 11.8. The summed E-state index contributed by atoms with van der Waals surface area (Å²) in [5, 5.41) is 0. The van der Waals surface area contributed by atoms with Gasteiger partial charge in [0.15, 0.2) is 6.73 Å². The highest BCUT2D eigenvalue weighted by Gasteiger charge is 2.47. The Morgan fingerprint density at radius 2 is 1.81 bits per heavy atom. The topological polar surface area (TPSA) is 63.7 Å². The second-order valence-corrected chi connectivity index (χ2v) is 4.03. The van der Waals surface area contributed by atoms with E-state index in [-0.39, 0.29) is 30.4 Å². The van der Waals surface area contributed by atoms with Gasteiger partial charge in [0, 0.05) is 6.92 Å². The van der Waals surface area contributed by atoms with Crippen molar-refractivity contribution in [2.24, 2.45) is 11.8 Å². The van der Waals surface area contributed by atoms with Gasteiger partial charge in [0.1, 0.15) is 0 Å². The minimum absolute atomic E-state index is 0.222. The van der Waals surface area contributed by atoms with E-state index in [1.807, 2.05) is 12.2 Å². The van der Waals surface area contributed by atoms with E-state index in [9.17, 15) is 14.4 Å². The minimum Gasteiger partial charge on any atom is -0.444 e. The summed E-state index contributed by atoms with van der Waals surface area (Å²) in [7, 11) is 0. The third kappa shape index (κ3) is 1.73. The Morgan fingerprint density at radius 3 is 2.25 bits per heavy atom. The van der Waals surface area contributed by atoms with Crippen molar-refractivity contribution in [2.45, 2.75) is 19.8 Å². The standard InChI is InChI=1S/C11H13NO4/c1-7(13)16-6-12-10(14)8-4-2-3-5-9(8)11(12)15/h2-3,8-9H,4-6H2,1H3. The van der Waals surface area contributed by atoms with Crippen LogP contribution < -0.4 is 0 Å². The van der Waals surface area contributed by atoms with Gasteiger partial charge in [0.25, 0.3) is 0 Å². The summed E-state index contributed by atoms with van der Waals surface area (Å²) in [6.45, 7) is 1.000. The van der Waals surface area contributed by atoms with E-state index in [0.29, 0.717) is 12.8 Å². The van der Waals surface area contributed by atoms with E-state index < -0.39 is 5.97 Å². The van der Waals surface area contributed by atoms with Gasteiger partial charge in [-0.1, -0.05) is 12.2 Å². The van der Waals surface area contributed by atoms with Gasteiger partial charge < -0.3 is 4.74 Å². The molecule has 2 unspecified atom stereocenters. The van der Waals surface area contributed by atoms with Crippen molar-refractivity contribution in [3.8, 4) is 0 Å². The summed E-state index contributed by atoms with van der Waals surface area (Å²) in [5.74, 6) is -1.45. The summed E-state index contributed by atoms with van der Waals surface area (Å²) in [6.07, 6.45) is 5.04. The van der Waals surface area contributed by atoms with E-state index in [1.165, 1.54) is 6.92 Å². The molecule has 1 fully saturated rings. The molecule has 0 aromatic heterocycles. The van der Waals surface area contributed by atoms with E-state index >= 15 is 0 Å². The highest BCUT2D eigenvalue weighted by atomic mass is 16.5. The maximum Gasteiger partial charge on any atom is 0.304 e. The van der Waals surface area contributed by atoms with Gasteiger partial charge in [-0.05, 0) is 12.8 Å². The van der Waals surface area contributed by atoms with Crippen LogP contribution in [0.1, 0.15) is 19.8 Å². The molecule has 0 N–H and O–H groups in total. The third-order valence-corrected chi connectivity index (χ3v) is 3.00. The molecule has 2 aliphatic rings. The molecule has 0 bridgehead atoms. The van der Waals surface area contributed by atoms with E-state index in [1.54, 1.807) is 0 Å². The molecule has 1 heterocycles. The number of likely N-dealkylation sites (tertiary alicyclic amines) is 1. The van der Waals surface area contributed by atoms with Crippen LogP contribution >= 0.6 is 0 Å². The maximum atomic E-state index is 11.8. The van der Waals surface area contributed by atoms with Crippen LogP contribution in [0, 0.1) is 11.8 Å². The van der Waals surface area contributed by atoms with Crippen LogP contribution in [0.3, 0.4) is 0 Å². The smallest absolute Gasteiger partial charge is 0.304 e. The van der Waals surface area contributed by atoms with Crippen molar-refractivity contribution in [3.63, 3.8) is 0 Å². The average Bonchev–Trinajstić information content (AvgIpc) is 2.50. The van der Waals surface area contributed by atoms with Crippen LogP contribution in [0.25, 0.3) is 0 Å². The Morgan fingerprint density at radius 1 is 1.31 bits per heavy atom. The SMILES string of the molecule is CC(=O)OCN1C(=O)C2CC=CCC2C1=O. The summed E-state index contributed by atoms with van der Waals surface area (Å²) < 4.78 is 4.70. The molecule has 5 heteroatoms. The van der Waals surface area contributed by atoms with Crippen LogP contribution in [-0.4, -0.2) is 29.4 Å². The Bertz CT molecular complexity index is 348. The fourth-order valence-corrected chi connectivity index (χ4v) is 2.15. The molecule has 2 atom stereocenters. The number of allylic oxidation sites excluding steroid dienone is 2. The van der Waals surface area contributed by atoms with Crippen molar-refractivity contribution in [3.05, 3.63) is 12.2 Å². The number of imide groups is 1. The van der Waals surface area contributed by atoms with E-state index in [0.717, 1.165) is 4.90 Å². The summed E-state index contributed by atoms with van der Waals surface area (Å²) in [4.78, 5) is 35.4. The zero-order chi connectivity index (χ0) is 11.7. The number of carbonyl (C=O) groups excluding carboxylic acids is 3. The highest BCUT2D eigenvalue weighted by molar-refractivity contribution is 6.05. The van der Waals surface area contributed by atoms with Crippen molar-refractivity contribution in [2.75, 3.05) is 6.73 Å². The zero-order valence-corrected chi connectivity index (χ0v) is 9.01. The molecule has 0 aromatic rings. The first-order chi connectivity index (χ1) is 7.61. The summed E-state index contributed by atoms with van der Waals surface area (Å²) >= 11 is 0. The zero-order valence-electron chi connectivity index (χ0n) is 9.01. The number of rotatable bonds is 2. The van der Waals surface area contributed by atoms with Crippen molar-refractivity contribution in [1.82, 2.24) is 4.90 Å². The number of esters is 1. The molecule has 0 aromatic carbocycles. The molecular weight excluding hydrogens is 210 g/mol. The third-order valence-electron chi connectivity index (χ3n) is 3.00. The molecular formula is C11H13NO4. The molecule has 1 aliphatic heterocycles. The monoisotopic (exact) mass is 223 g/mol. The molecule has 1 aliphatic carbocycles. The Labute approximate surface area is 93.0 Å². The lowest BCUT2D eigenvalue weighted by Gasteiger charge is -2.14. The first-order valence-corrected chi connectivity index (χ1v) is 5.25. The minimum atomic E-state index is -0.492. The van der Waals surface area contributed by atoms with Crippen LogP contribution in [0.5, 0.6) is 0 Å². The molecule has 86 valence electrons. The fourth-order valence-electron chi connectivity index (χ4n) is 2.15. The average molecular weight is 223 g/mol. The number of amides is 2. The predicted octanol–water partition coefficient (Wildman–Crippen LogP) is 0.458. The van der Waals surface area contributed by atoms with Crippen molar-refractivity contribution in [1.29, 1.82) is 0 Å². The Kier molecular flexibility index (Phi) is 2.77. The molecule has 0 radical (unpaired) electrons. The molecule has 0 saturated carbocycles. The van der Waals surface area contributed by atoms with Gasteiger partial charge in [-0.3, -0.25) is 14.4 Å². The van der Waals surface area contributed by atoms with Gasteiger partial charge in [0.2, 0.25) is 11.8 Å². The van der Waals surface area contributed by atoms with Crippen LogP contribution in [0.4, 0.5) is 0 Å². The number of carbonyl (C=O) groups is 3. The number of hydrogen-bond acceptors (Lipinski definition) is 4. The van der Waals surface area contributed by atoms with Crippen molar-refractivity contribution >= 4 is 17.8 Å². The lowest BCUT2D eigenvalue weighted by atomic mass is 9.85. The largest absolute Gasteiger partial charge is 0.444 e. The predicted molar refractivity (Wildman–Crippen MR) is 53.8 cm³/mol. The number of ether oxygens (including phenoxy) is 1. The number of hydrogen-bond donors (Lipinski definition) is 0. The van der Waals surface area contributed by atoms with Crippen LogP contribution in [0.15, 0.2) is 12.2 Å². The first kappa shape index (κ1) is 10.9. The summed E-state index contributed by atoms with van der Waals surface area (Å²) in [5.41, 5.74) is 0. The molecule has 2 rings (SSSR count). The number of nitrogens with zero attached hydrogens (tertiary/aromatic N) is 1.